The number of halogens is 1. The zero-order valence-corrected chi connectivity index (χ0v) is 19.4. The summed E-state index contributed by atoms with van der Waals surface area (Å²) in [6.45, 7) is 1.34. The summed E-state index contributed by atoms with van der Waals surface area (Å²) in [5, 5.41) is 37.8. The topological polar surface area (TPSA) is 138 Å². The fraction of sp³-hybridized carbons (Fsp3) is 0.292. The van der Waals surface area contributed by atoms with Gasteiger partial charge in [0.25, 0.3) is 0 Å². The third-order valence-electron chi connectivity index (χ3n) is 5.93. The first kappa shape index (κ1) is 23.5. The van der Waals surface area contributed by atoms with E-state index < -0.39 is 24.5 Å². The van der Waals surface area contributed by atoms with Crippen LogP contribution < -0.4 is 10.6 Å². The number of rotatable bonds is 8. The summed E-state index contributed by atoms with van der Waals surface area (Å²) >= 11 is 6.06. The van der Waals surface area contributed by atoms with Crippen LogP contribution in [0.1, 0.15) is 17.4 Å². The molecule has 10 nitrogen and oxygen atoms in total. The highest BCUT2D eigenvalue weighted by molar-refractivity contribution is 6.30. The van der Waals surface area contributed by atoms with E-state index >= 15 is 0 Å². The van der Waals surface area contributed by atoms with Gasteiger partial charge in [-0.2, -0.15) is 0 Å². The van der Waals surface area contributed by atoms with E-state index in [1.165, 1.54) is 12.7 Å². The fourth-order valence-corrected chi connectivity index (χ4v) is 4.31. The molecule has 5 N–H and O–H groups in total. The van der Waals surface area contributed by atoms with Crippen LogP contribution in [0.5, 0.6) is 5.75 Å². The van der Waals surface area contributed by atoms with Gasteiger partial charge in [0.05, 0.1) is 6.33 Å². The van der Waals surface area contributed by atoms with Crippen LogP contribution in [0, 0.1) is 0 Å². The number of phenolic OH excluding ortho intramolecular Hbond substituents is 1. The Bertz CT molecular complexity index is 1300. The monoisotopic (exact) mass is 496 g/mol. The molecule has 3 heterocycles. The number of aromatic hydroxyl groups is 1. The molecule has 0 unspecified atom stereocenters. The number of aliphatic hydroxyl groups excluding tert-OH is 2. The molecule has 35 heavy (non-hydrogen) atoms. The van der Waals surface area contributed by atoms with Crippen LogP contribution in [0.15, 0.2) is 61.2 Å². The lowest BCUT2D eigenvalue weighted by molar-refractivity contribution is -0.0342. The summed E-state index contributed by atoms with van der Waals surface area (Å²) in [4.78, 5) is 13.1. The van der Waals surface area contributed by atoms with Gasteiger partial charge in [-0.25, -0.2) is 15.0 Å². The van der Waals surface area contributed by atoms with Gasteiger partial charge >= 0.3 is 0 Å². The molecule has 0 aliphatic carbocycles. The highest BCUT2D eigenvalue weighted by atomic mass is 35.5. The van der Waals surface area contributed by atoms with E-state index in [1.54, 1.807) is 28.8 Å². The molecule has 4 atom stereocenters. The normalized spacial score (nSPS) is 22.0. The zero-order chi connectivity index (χ0) is 24.4. The first-order chi connectivity index (χ1) is 17.0. The number of aliphatic hydroxyl groups is 2. The first-order valence-corrected chi connectivity index (χ1v) is 11.5. The molecule has 1 aliphatic rings. The molecule has 1 aliphatic heterocycles. The van der Waals surface area contributed by atoms with Crippen molar-refractivity contribution in [3.63, 3.8) is 0 Å². The minimum atomic E-state index is -1.16. The quantitative estimate of drug-likeness (QED) is 0.248. The molecule has 0 spiro atoms. The van der Waals surface area contributed by atoms with Crippen LogP contribution in [-0.4, -0.2) is 59.7 Å². The maximum Gasteiger partial charge on any atom is 0.167 e. The van der Waals surface area contributed by atoms with E-state index in [4.69, 9.17) is 16.3 Å². The summed E-state index contributed by atoms with van der Waals surface area (Å²) in [5.41, 5.74) is 2.96. The van der Waals surface area contributed by atoms with Crippen molar-refractivity contribution < 1.29 is 20.1 Å². The predicted molar refractivity (Wildman–Crippen MR) is 130 cm³/mol. The van der Waals surface area contributed by atoms with Crippen LogP contribution in [0.4, 0.5) is 5.82 Å². The van der Waals surface area contributed by atoms with Crippen molar-refractivity contribution in [2.24, 2.45) is 0 Å². The van der Waals surface area contributed by atoms with E-state index in [9.17, 15) is 15.3 Å². The second-order valence-electron chi connectivity index (χ2n) is 8.37. The van der Waals surface area contributed by atoms with E-state index in [-0.39, 0.29) is 5.75 Å². The Morgan fingerprint density at radius 2 is 1.80 bits per heavy atom. The first-order valence-electron chi connectivity index (χ1n) is 11.2. The Morgan fingerprint density at radius 3 is 2.60 bits per heavy atom. The number of hydrogen-bond acceptors (Lipinski definition) is 9. The van der Waals surface area contributed by atoms with Crippen molar-refractivity contribution in [3.05, 3.63) is 77.3 Å². The van der Waals surface area contributed by atoms with Gasteiger partial charge in [0.1, 0.15) is 30.4 Å². The highest BCUT2D eigenvalue weighted by Crippen LogP contribution is 2.32. The van der Waals surface area contributed by atoms with Crippen LogP contribution >= 0.6 is 11.6 Å². The van der Waals surface area contributed by atoms with Gasteiger partial charge in [-0.3, -0.25) is 4.57 Å². The molecule has 0 bridgehead atoms. The summed E-state index contributed by atoms with van der Waals surface area (Å²) in [5.74, 6) is 0.738. The van der Waals surface area contributed by atoms with Crippen molar-refractivity contribution in [1.82, 2.24) is 24.8 Å². The molecular formula is C24H25ClN6O4. The number of nitrogens with one attached hydrogen (secondary N) is 2. The Kier molecular flexibility index (Phi) is 6.80. The largest absolute Gasteiger partial charge is 0.508 e. The van der Waals surface area contributed by atoms with Crippen LogP contribution in [0.3, 0.4) is 0 Å². The SMILES string of the molecule is Oc1ccc(CNC[C@H]2O[C@@H](n3cnc4c(NCc5cccc(Cl)c5)ncnc43)[C@H](O)[C@@H]2O)cc1. The van der Waals surface area contributed by atoms with Gasteiger partial charge in [-0.05, 0) is 35.4 Å². The van der Waals surface area contributed by atoms with E-state index in [0.717, 1.165) is 11.1 Å². The molecule has 4 aromatic rings. The second-order valence-corrected chi connectivity index (χ2v) is 8.81. The fourth-order valence-electron chi connectivity index (χ4n) is 4.10. The molecular weight excluding hydrogens is 472 g/mol. The number of benzene rings is 2. The molecule has 11 heteroatoms. The number of anilines is 1. The number of fused-ring (bicyclic) bond motifs is 1. The second kappa shape index (κ2) is 10.1. The molecule has 1 fully saturated rings. The summed E-state index contributed by atoms with van der Waals surface area (Å²) in [6, 6.07) is 14.4. The summed E-state index contributed by atoms with van der Waals surface area (Å²) in [6.07, 6.45) is -0.804. The number of nitrogens with zero attached hydrogens (tertiary/aromatic N) is 4. The summed E-state index contributed by atoms with van der Waals surface area (Å²) < 4.78 is 7.61. The molecule has 2 aromatic heterocycles. The lowest BCUT2D eigenvalue weighted by Crippen LogP contribution is -2.37. The number of hydrogen-bond donors (Lipinski definition) is 5. The number of phenols is 1. The molecule has 5 rings (SSSR count). The molecule has 2 aromatic carbocycles. The van der Waals surface area contributed by atoms with Crippen molar-refractivity contribution in [1.29, 1.82) is 0 Å². The van der Waals surface area contributed by atoms with Gasteiger partial charge in [-0.1, -0.05) is 35.9 Å². The number of aromatic nitrogens is 4. The van der Waals surface area contributed by atoms with Crippen molar-refractivity contribution >= 4 is 28.6 Å². The maximum atomic E-state index is 10.7. The lowest BCUT2D eigenvalue weighted by atomic mass is 10.1. The number of imidazole rings is 1. The smallest absolute Gasteiger partial charge is 0.167 e. The van der Waals surface area contributed by atoms with Crippen molar-refractivity contribution in [2.75, 3.05) is 11.9 Å². The lowest BCUT2D eigenvalue weighted by Gasteiger charge is -2.16. The van der Waals surface area contributed by atoms with Crippen LogP contribution in [-0.2, 0) is 17.8 Å². The zero-order valence-electron chi connectivity index (χ0n) is 18.6. The molecule has 0 amide bonds. The van der Waals surface area contributed by atoms with Gasteiger partial charge in [0.15, 0.2) is 23.2 Å². The van der Waals surface area contributed by atoms with Crippen molar-refractivity contribution in [3.8, 4) is 5.75 Å². The molecule has 182 valence electrons. The van der Waals surface area contributed by atoms with E-state index in [0.29, 0.717) is 41.6 Å². The Morgan fingerprint density at radius 1 is 0.971 bits per heavy atom. The summed E-state index contributed by atoms with van der Waals surface area (Å²) in [7, 11) is 0. The van der Waals surface area contributed by atoms with Gasteiger partial charge in [0, 0.05) is 24.7 Å². The minimum Gasteiger partial charge on any atom is -0.508 e. The predicted octanol–water partition coefficient (Wildman–Crippen LogP) is 2.21. The average Bonchev–Trinajstić information content (AvgIpc) is 3.41. The number of ether oxygens (including phenoxy) is 1. The standard InChI is InChI=1S/C24H25ClN6O4/c25-16-3-1-2-15(8-16)10-27-22-19-23(29-12-28-22)31(13-30-19)24-21(34)20(33)18(35-24)11-26-9-14-4-6-17(32)7-5-14/h1-8,12-13,18,20-21,24,26,32-34H,9-11H2,(H,27,28,29)/t18-,20-,21-,24-/m1/s1. The third kappa shape index (κ3) is 5.07. The van der Waals surface area contributed by atoms with Gasteiger partial charge in [-0.15, -0.1) is 0 Å². The maximum absolute atomic E-state index is 10.7. The Balaban J connectivity index is 1.27. The van der Waals surface area contributed by atoms with Crippen LogP contribution in [0.25, 0.3) is 11.2 Å². The molecule has 0 radical (unpaired) electrons. The van der Waals surface area contributed by atoms with Gasteiger partial charge < -0.3 is 30.7 Å². The van der Waals surface area contributed by atoms with Gasteiger partial charge in [0.2, 0.25) is 0 Å². The Labute approximate surface area is 206 Å². The molecule has 1 saturated heterocycles. The average molecular weight is 497 g/mol. The van der Waals surface area contributed by atoms with E-state index in [2.05, 4.69) is 25.6 Å². The van der Waals surface area contributed by atoms with Crippen molar-refractivity contribution in [2.45, 2.75) is 37.6 Å². The minimum absolute atomic E-state index is 0.202. The Hall–Kier alpha value is -3.28. The third-order valence-corrected chi connectivity index (χ3v) is 6.17. The van der Waals surface area contributed by atoms with Crippen LogP contribution in [0.2, 0.25) is 5.02 Å². The van der Waals surface area contributed by atoms with E-state index in [1.807, 2.05) is 24.3 Å². The highest BCUT2D eigenvalue weighted by Gasteiger charge is 2.44. The molecule has 0 saturated carbocycles.